The minimum Gasteiger partial charge on any atom is -0.438 e. The number of anilines is 2. The number of likely N-dealkylation sites (tertiary alicyclic amines) is 1. The quantitative estimate of drug-likeness (QED) is 0.0273. The molecule has 5 aromatic carbocycles. The minimum atomic E-state index is -6.15. The maximum absolute atomic E-state index is 14.4. The summed E-state index contributed by atoms with van der Waals surface area (Å²) < 4.78 is 129. The number of carbonyl (C=O) groups excluding carboxylic acids is 2. The number of rotatable bonds is 23. The Labute approximate surface area is 465 Å². The highest BCUT2D eigenvalue weighted by molar-refractivity contribution is 7.99. The second-order valence-corrected chi connectivity index (χ2v) is 27.4. The fourth-order valence-electron chi connectivity index (χ4n) is 9.07. The zero-order valence-corrected chi connectivity index (χ0v) is 48.0. The van der Waals surface area contributed by atoms with Gasteiger partial charge in [0.1, 0.15) is 4.90 Å². The average Bonchev–Trinajstić information content (AvgIpc) is 3.41. The zero-order chi connectivity index (χ0) is 56.3. The van der Waals surface area contributed by atoms with Crippen LogP contribution in [0.4, 0.5) is 24.5 Å². The van der Waals surface area contributed by atoms with E-state index in [4.69, 9.17) is 25.4 Å². The highest BCUT2D eigenvalue weighted by atomic mass is 35.5. The van der Waals surface area contributed by atoms with Crippen molar-refractivity contribution in [1.82, 2.24) is 14.5 Å². The van der Waals surface area contributed by atoms with Gasteiger partial charge >= 0.3 is 19.1 Å². The summed E-state index contributed by atoms with van der Waals surface area (Å²) >= 11 is 7.53. The summed E-state index contributed by atoms with van der Waals surface area (Å²) in [7, 11) is -14.7. The van der Waals surface area contributed by atoms with Gasteiger partial charge in [0.05, 0.1) is 28.8 Å². The standard InChI is InChI=1S/C55H66ClF3N5O10PS3/c1-5-73-75(67,74-39-72-53(66)54(2,3)4)37-40-25-28-62(29-26-40)30-27-45(38-76-47-12-7-6-8-13-47)60-50-24-23-48(35-51(50)77(68,69)55(57,58)59)78(70,71)61-52(65)42-17-21-46(22-18-42)64-33-31-63(32-34-64)36-43-11-9-10-14-49(43)41-15-19-44(56)20-16-41/h6-24,35,40,45,60H,5,25-34,36-39H2,1-4H3,(H,61,65)/t45-,75?/m1/s1. The molecule has 0 saturated carbocycles. The summed E-state index contributed by atoms with van der Waals surface area (Å²) in [6, 6.07) is 33.2. The predicted molar refractivity (Wildman–Crippen MR) is 299 cm³/mol. The van der Waals surface area contributed by atoms with Gasteiger partial charge in [0.25, 0.3) is 25.8 Å². The lowest BCUT2D eigenvalue weighted by Crippen LogP contribution is -2.46. The topological polar surface area (TPSA) is 181 Å². The molecule has 2 aliphatic rings. The maximum Gasteiger partial charge on any atom is 0.501 e. The Morgan fingerprint density at radius 2 is 1.46 bits per heavy atom. The smallest absolute Gasteiger partial charge is 0.438 e. The molecule has 15 nitrogen and oxygen atoms in total. The van der Waals surface area contributed by atoms with Crippen LogP contribution in [0, 0.1) is 11.3 Å². The maximum atomic E-state index is 14.4. The molecular formula is C55H66ClF3N5O10PS3. The van der Waals surface area contributed by atoms with Crippen LogP contribution in [0.25, 0.3) is 11.1 Å². The van der Waals surface area contributed by atoms with Crippen LogP contribution in [0.5, 0.6) is 0 Å². The largest absolute Gasteiger partial charge is 0.501 e. The Bertz CT molecular complexity index is 3100. The van der Waals surface area contributed by atoms with Crippen LogP contribution >= 0.6 is 31.0 Å². The number of nitrogens with zero attached hydrogens (tertiary/aromatic N) is 3. The van der Waals surface area contributed by atoms with Crippen LogP contribution in [0.15, 0.2) is 136 Å². The molecule has 2 heterocycles. The number of piperidine rings is 1. The van der Waals surface area contributed by atoms with Gasteiger partial charge in [0.2, 0.25) is 6.79 Å². The van der Waals surface area contributed by atoms with E-state index in [1.807, 2.05) is 71.5 Å². The van der Waals surface area contributed by atoms with E-state index in [1.165, 1.54) is 29.5 Å². The van der Waals surface area contributed by atoms with E-state index < -0.39 is 78.6 Å². The van der Waals surface area contributed by atoms with E-state index in [2.05, 4.69) is 32.1 Å². The molecule has 7 rings (SSSR count). The number of hydrogen-bond donors (Lipinski definition) is 2. The Balaban J connectivity index is 0.989. The van der Waals surface area contributed by atoms with Crippen molar-refractivity contribution in [2.24, 2.45) is 11.3 Å². The molecule has 78 heavy (non-hydrogen) atoms. The lowest BCUT2D eigenvalue weighted by atomic mass is 9.98. The first kappa shape index (κ1) is 60.7. The number of nitrogens with one attached hydrogen (secondary N) is 2. The van der Waals surface area contributed by atoms with E-state index in [0.717, 1.165) is 53.5 Å². The third-order valence-corrected chi connectivity index (χ3v) is 19.8. The number of halogens is 4. The van der Waals surface area contributed by atoms with Crippen molar-refractivity contribution in [2.75, 3.05) is 81.3 Å². The Morgan fingerprint density at radius 1 is 0.808 bits per heavy atom. The molecule has 0 bridgehead atoms. The van der Waals surface area contributed by atoms with E-state index >= 15 is 0 Å². The van der Waals surface area contributed by atoms with Gasteiger partial charge in [-0.15, -0.1) is 11.8 Å². The van der Waals surface area contributed by atoms with Crippen molar-refractivity contribution in [3.63, 3.8) is 0 Å². The number of piperazine rings is 1. The van der Waals surface area contributed by atoms with E-state index in [0.29, 0.717) is 63.1 Å². The van der Waals surface area contributed by atoms with Gasteiger partial charge in [-0.25, -0.2) is 21.6 Å². The number of hydrogen-bond acceptors (Lipinski definition) is 15. The van der Waals surface area contributed by atoms with E-state index in [9.17, 15) is 44.2 Å². The second-order valence-electron chi connectivity index (χ2n) is 20.2. The van der Waals surface area contributed by atoms with Crippen LogP contribution < -0.4 is 14.9 Å². The number of ether oxygens (including phenoxy) is 1. The molecule has 1 unspecified atom stereocenters. The molecule has 1 amide bonds. The minimum absolute atomic E-state index is 0.0420. The molecule has 0 spiro atoms. The molecule has 2 saturated heterocycles. The third-order valence-electron chi connectivity index (χ3n) is 13.4. The Kier molecular flexibility index (Phi) is 20.6. The van der Waals surface area contributed by atoms with Crippen LogP contribution in [0.2, 0.25) is 5.02 Å². The van der Waals surface area contributed by atoms with Crippen LogP contribution in [0.1, 0.15) is 62.9 Å². The first-order valence-electron chi connectivity index (χ1n) is 25.6. The molecule has 422 valence electrons. The van der Waals surface area contributed by atoms with Gasteiger partial charge in [-0.2, -0.15) is 13.2 Å². The second kappa shape index (κ2) is 26.5. The number of amides is 1. The highest BCUT2D eigenvalue weighted by Crippen LogP contribution is 2.51. The van der Waals surface area contributed by atoms with E-state index in [-0.39, 0.29) is 30.0 Å². The number of benzene rings is 5. The predicted octanol–water partition coefficient (Wildman–Crippen LogP) is 11.2. The monoisotopic (exact) mass is 1180 g/mol. The zero-order valence-electron chi connectivity index (χ0n) is 43.9. The lowest BCUT2D eigenvalue weighted by Gasteiger charge is -2.36. The number of carbonyl (C=O) groups is 2. The summed E-state index contributed by atoms with van der Waals surface area (Å²) in [5.74, 6) is -1.34. The summed E-state index contributed by atoms with van der Waals surface area (Å²) in [6.45, 7) is 11.6. The molecular weight excluding hydrogens is 1110 g/mol. The average molecular weight is 1180 g/mol. The van der Waals surface area contributed by atoms with Gasteiger partial charge in [-0.3, -0.25) is 23.6 Å². The third kappa shape index (κ3) is 16.6. The molecule has 2 N–H and O–H groups in total. The summed E-state index contributed by atoms with van der Waals surface area (Å²) in [5.41, 5.74) is -2.90. The van der Waals surface area contributed by atoms with Crippen molar-refractivity contribution < 1.29 is 57.9 Å². The van der Waals surface area contributed by atoms with Gasteiger partial charge < -0.3 is 24.4 Å². The lowest BCUT2D eigenvalue weighted by molar-refractivity contribution is -0.160. The fourth-order valence-corrected chi connectivity index (χ4v) is 14.1. The molecule has 23 heteroatoms. The molecule has 2 atom stereocenters. The first-order valence-corrected chi connectivity index (χ1v) is 31.6. The Hall–Kier alpha value is -4.96. The van der Waals surface area contributed by atoms with Gasteiger partial charge in [-0.05, 0) is 149 Å². The molecule has 0 radical (unpaired) electrons. The summed E-state index contributed by atoms with van der Waals surface area (Å²) in [5, 5.41) is 3.67. The van der Waals surface area contributed by atoms with Crippen molar-refractivity contribution in [3.05, 3.63) is 137 Å². The van der Waals surface area contributed by atoms with Crippen LogP contribution in [-0.4, -0.2) is 121 Å². The summed E-state index contributed by atoms with van der Waals surface area (Å²) in [4.78, 5) is 31.0. The number of sulfonamides is 1. The van der Waals surface area contributed by atoms with Crippen molar-refractivity contribution in [1.29, 1.82) is 0 Å². The van der Waals surface area contributed by atoms with Gasteiger partial charge in [0, 0.05) is 72.2 Å². The number of sulfone groups is 1. The molecule has 2 fully saturated rings. The number of alkyl halides is 3. The first-order chi connectivity index (χ1) is 36.9. The van der Waals surface area contributed by atoms with E-state index in [1.54, 1.807) is 39.8 Å². The van der Waals surface area contributed by atoms with Gasteiger partial charge in [-0.1, -0.05) is 66.2 Å². The van der Waals surface area contributed by atoms with Crippen LogP contribution in [0.3, 0.4) is 0 Å². The Morgan fingerprint density at radius 3 is 2.10 bits per heavy atom. The van der Waals surface area contributed by atoms with Crippen LogP contribution in [-0.2, 0) is 49.5 Å². The van der Waals surface area contributed by atoms with Crippen molar-refractivity contribution in [3.8, 4) is 11.1 Å². The number of thioether (sulfide) groups is 1. The normalized spacial score (nSPS) is 16.5. The molecule has 5 aromatic rings. The van der Waals surface area contributed by atoms with Crippen molar-refractivity contribution in [2.45, 2.75) is 79.7 Å². The molecule has 2 aliphatic heterocycles. The van der Waals surface area contributed by atoms with Gasteiger partial charge in [0.15, 0.2) is 0 Å². The fraction of sp³-hybridized carbons (Fsp3) is 0.418. The molecule has 0 aliphatic carbocycles. The SMILES string of the molecule is CCOP(=O)(CC1CCN(CC[C@H](CSc2ccccc2)Nc2ccc(S(=O)(=O)NC(=O)c3ccc(N4CCN(Cc5ccccc5-c5ccc(Cl)cc5)CC4)cc3)cc2S(=O)(=O)C(F)(F)F)CC1)OCOC(=O)C(C)(C)C. The summed E-state index contributed by atoms with van der Waals surface area (Å²) in [6.07, 6.45) is 1.68. The highest BCUT2D eigenvalue weighted by Gasteiger charge is 2.48. The number of esters is 1. The molecule has 0 aromatic heterocycles. The van der Waals surface area contributed by atoms with Crippen molar-refractivity contribution >= 4 is 74.1 Å².